The van der Waals surface area contributed by atoms with E-state index in [0.29, 0.717) is 6.42 Å². The second-order valence-electron chi connectivity index (χ2n) is 14.5. The molecule has 0 radical (unpaired) electrons. The largest absolute Gasteiger partial charge is 0.443 e. The van der Waals surface area contributed by atoms with Crippen LogP contribution in [0.1, 0.15) is 57.2 Å². The molecule has 1 aliphatic carbocycles. The summed E-state index contributed by atoms with van der Waals surface area (Å²) in [6, 6.07) is 29.0. The number of benzene rings is 3. The number of anilines is 1. The van der Waals surface area contributed by atoms with E-state index in [4.69, 9.17) is 4.74 Å². The van der Waals surface area contributed by atoms with Crippen LogP contribution in [-0.4, -0.2) is 57.3 Å². The molecule has 2 aromatic heterocycles. The number of carbonyl (C=O) groups is 2. The molecule has 0 N–H and O–H groups in total. The van der Waals surface area contributed by atoms with E-state index in [-0.39, 0.29) is 52.1 Å². The lowest BCUT2D eigenvalue weighted by Gasteiger charge is -2.30. The summed E-state index contributed by atoms with van der Waals surface area (Å²) >= 11 is 0. The zero-order valence-electron chi connectivity index (χ0n) is 29.8. The monoisotopic (exact) mass is 707 g/mol. The molecule has 0 saturated heterocycles. The van der Waals surface area contributed by atoms with E-state index in [2.05, 4.69) is 46.1 Å². The number of nitrogens with zero attached hydrogens (tertiary/aromatic N) is 5. The van der Waals surface area contributed by atoms with Gasteiger partial charge in [0.1, 0.15) is 11.1 Å². The molecular formula is C40H45N5O5S. The highest BCUT2D eigenvalue weighted by atomic mass is 32.2. The Labute approximate surface area is 300 Å². The Balaban J connectivity index is 1.25. The van der Waals surface area contributed by atoms with Crippen LogP contribution in [0.3, 0.4) is 0 Å². The van der Waals surface area contributed by atoms with Crippen molar-refractivity contribution in [2.45, 2.75) is 77.1 Å². The van der Waals surface area contributed by atoms with E-state index in [1.807, 2.05) is 43.3 Å². The van der Waals surface area contributed by atoms with Crippen LogP contribution in [0.5, 0.6) is 0 Å². The minimum atomic E-state index is -3.95. The van der Waals surface area contributed by atoms with Gasteiger partial charge in [-0.05, 0) is 75.8 Å². The Kier molecular flexibility index (Phi) is 10.4. The van der Waals surface area contributed by atoms with Crippen LogP contribution in [0.25, 0.3) is 11.2 Å². The van der Waals surface area contributed by atoms with Crippen molar-refractivity contribution in [1.29, 1.82) is 0 Å². The number of carbonyl (C=O) groups excluding carboxylic acids is 2. The molecule has 1 amide bonds. The van der Waals surface area contributed by atoms with Crippen LogP contribution in [0.4, 0.5) is 10.6 Å². The molecule has 10 nitrogen and oxygen atoms in total. The number of rotatable bonds is 11. The number of hydrogen-bond acceptors (Lipinski definition) is 8. The maximum atomic E-state index is 14.2. The Morgan fingerprint density at radius 1 is 0.882 bits per heavy atom. The summed E-state index contributed by atoms with van der Waals surface area (Å²) in [6.45, 7) is 10.5. The van der Waals surface area contributed by atoms with E-state index in [9.17, 15) is 18.0 Å². The molecule has 3 aromatic carbocycles. The van der Waals surface area contributed by atoms with Gasteiger partial charge in [-0.3, -0.25) is 14.6 Å². The molecule has 2 heterocycles. The second kappa shape index (κ2) is 14.8. The molecular weight excluding hydrogens is 663 g/mol. The molecule has 1 saturated carbocycles. The zero-order chi connectivity index (χ0) is 36.3. The molecule has 266 valence electrons. The van der Waals surface area contributed by atoms with Gasteiger partial charge in [0, 0.05) is 31.2 Å². The lowest BCUT2D eigenvalue weighted by molar-refractivity contribution is -0.122. The average Bonchev–Trinajstić information content (AvgIpc) is 3.71. The summed E-state index contributed by atoms with van der Waals surface area (Å²) in [7, 11) is -3.95. The highest BCUT2D eigenvalue weighted by molar-refractivity contribution is 7.90. The summed E-state index contributed by atoms with van der Waals surface area (Å²) in [5.74, 6) is -0.178. The zero-order valence-corrected chi connectivity index (χ0v) is 30.6. The van der Waals surface area contributed by atoms with E-state index in [0.717, 1.165) is 29.0 Å². The van der Waals surface area contributed by atoms with Gasteiger partial charge in [0.2, 0.25) is 0 Å². The van der Waals surface area contributed by atoms with Crippen molar-refractivity contribution in [1.82, 2.24) is 18.8 Å². The third-order valence-electron chi connectivity index (χ3n) is 9.37. The molecule has 6 rings (SSSR count). The van der Waals surface area contributed by atoms with Crippen LogP contribution >= 0.6 is 0 Å². The van der Waals surface area contributed by atoms with Crippen LogP contribution in [-0.2, 0) is 32.6 Å². The number of aryl methyl sites for hydroxylation is 1. The van der Waals surface area contributed by atoms with E-state index in [1.54, 1.807) is 45.0 Å². The highest BCUT2D eigenvalue weighted by Gasteiger charge is 2.40. The fraction of sp³-hybridized carbons (Fsp3) is 0.350. The summed E-state index contributed by atoms with van der Waals surface area (Å²) in [6.07, 6.45) is 3.49. The van der Waals surface area contributed by atoms with Gasteiger partial charge < -0.3 is 4.74 Å². The molecule has 0 unspecified atom stereocenters. The Morgan fingerprint density at radius 3 is 2.08 bits per heavy atom. The van der Waals surface area contributed by atoms with Crippen molar-refractivity contribution in [2.24, 2.45) is 11.8 Å². The molecule has 0 aliphatic heterocycles. The predicted octanol–water partition coefficient (Wildman–Crippen LogP) is 7.40. The van der Waals surface area contributed by atoms with Crippen molar-refractivity contribution < 1.29 is 22.7 Å². The first kappa shape index (κ1) is 35.9. The minimum absolute atomic E-state index is 0.0864. The highest BCUT2D eigenvalue weighted by Crippen LogP contribution is 2.37. The summed E-state index contributed by atoms with van der Waals surface area (Å²) in [4.78, 5) is 40.7. The normalized spacial score (nSPS) is 17.9. The smallest absolute Gasteiger partial charge is 0.416 e. The van der Waals surface area contributed by atoms with Gasteiger partial charge in [-0.25, -0.2) is 27.2 Å². The first-order valence-corrected chi connectivity index (χ1v) is 18.7. The SMILES string of the molecule is Cc1ccc(S(=O)(=O)n2ccc3nc(N(CC(=O)[C@H]4C[C@@H](N(Cc5ccccc5)Cc5ccccc5)C[C@H]4C)C(=O)OC(C)(C)C)cnc32)cc1. The maximum absolute atomic E-state index is 14.2. The van der Waals surface area contributed by atoms with Crippen molar-refractivity contribution in [3.63, 3.8) is 0 Å². The molecule has 0 bridgehead atoms. The van der Waals surface area contributed by atoms with Crippen molar-refractivity contribution in [3.8, 4) is 0 Å². The fourth-order valence-electron chi connectivity index (χ4n) is 6.77. The summed E-state index contributed by atoms with van der Waals surface area (Å²) < 4.78 is 33.7. The summed E-state index contributed by atoms with van der Waals surface area (Å²) in [5, 5.41) is 0. The van der Waals surface area contributed by atoms with E-state index >= 15 is 0 Å². The van der Waals surface area contributed by atoms with Gasteiger partial charge >= 0.3 is 6.09 Å². The molecule has 1 fully saturated rings. The predicted molar refractivity (Wildman–Crippen MR) is 198 cm³/mol. The van der Waals surface area contributed by atoms with E-state index in [1.165, 1.54) is 34.5 Å². The molecule has 11 heteroatoms. The van der Waals surface area contributed by atoms with Crippen molar-refractivity contribution in [2.75, 3.05) is 11.4 Å². The van der Waals surface area contributed by atoms with Gasteiger partial charge in [-0.1, -0.05) is 85.3 Å². The number of ether oxygens (including phenoxy) is 1. The first-order valence-electron chi connectivity index (χ1n) is 17.3. The Hall–Kier alpha value is -4.87. The number of ketones is 1. The fourth-order valence-corrected chi connectivity index (χ4v) is 8.06. The number of aromatic nitrogens is 3. The van der Waals surface area contributed by atoms with Gasteiger partial charge in [0.15, 0.2) is 17.2 Å². The molecule has 5 aromatic rings. The first-order chi connectivity index (χ1) is 24.3. The third-order valence-corrected chi connectivity index (χ3v) is 11.0. The topological polar surface area (TPSA) is 115 Å². The van der Waals surface area contributed by atoms with Crippen LogP contribution in [0.15, 0.2) is 108 Å². The molecule has 3 atom stereocenters. The van der Waals surface area contributed by atoms with Crippen LogP contribution in [0, 0.1) is 18.8 Å². The third kappa shape index (κ3) is 8.37. The number of amides is 1. The Morgan fingerprint density at radius 2 is 1.49 bits per heavy atom. The maximum Gasteiger partial charge on any atom is 0.416 e. The average molecular weight is 708 g/mol. The molecule has 51 heavy (non-hydrogen) atoms. The van der Waals surface area contributed by atoms with Gasteiger partial charge in [-0.2, -0.15) is 0 Å². The second-order valence-corrected chi connectivity index (χ2v) is 16.3. The van der Waals surface area contributed by atoms with Crippen molar-refractivity contribution >= 4 is 38.9 Å². The van der Waals surface area contributed by atoms with Crippen LogP contribution < -0.4 is 4.90 Å². The standard InChI is InChI=1S/C40H45N5O5S/c1-28-16-18-33(19-17-28)51(48,49)45-21-20-35-38(45)41-24-37(42-35)44(39(47)50-40(3,4)5)27-36(46)34-23-32(22-29(34)2)43(25-30-12-8-6-9-13-30)26-31-14-10-7-11-15-31/h6-21,24,29,32,34H,22-23,25-27H2,1-5H3/t29-,32+,34+/m1/s1. The Bertz CT molecular complexity index is 2050. The van der Waals surface area contributed by atoms with Gasteiger partial charge in [0.25, 0.3) is 10.0 Å². The van der Waals surface area contributed by atoms with Crippen molar-refractivity contribution in [3.05, 3.63) is 120 Å². The lowest BCUT2D eigenvalue weighted by Crippen LogP contribution is -2.42. The summed E-state index contributed by atoms with van der Waals surface area (Å²) in [5.41, 5.74) is 2.90. The quantitative estimate of drug-likeness (QED) is 0.140. The van der Waals surface area contributed by atoms with E-state index < -0.39 is 21.7 Å². The number of hydrogen-bond donors (Lipinski definition) is 0. The van der Waals surface area contributed by atoms with Crippen LogP contribution in [0.2, 0.25) is 0 Å². The number of Topliss-reactive ketones (excluding diaryl/α,β-unsaturated/α-hetero) is 1. The minimum Gasteiger partial charge on any atom is -0.443 e. The lowest BCUT2D eigenvalue weighted by atomic mass is 9.93. The number of fused-ring (bicyclic) bond motifs is 1. The van der Waals surface area contributed by atoms with Gasteiger partial charge in [0.05, 0.1) is 17.6 Å². The molecule has 0 spiro atoms. The van der Waals surface area contributed by atoms with Gasteiger partial charge in [-0.15, -0.1) is 0 Å². The molecule has 1 aliphatic rings.